The minimum Gasteiger partial charge on any atom is -0.495 e. The van der Waals surface area contributed by atoms with Gasteiger partial charge >= 0.3 is 0 Å². The quantitative estimate of drug-likeness (QED) is 0.235. The molecular formula is C31H28ClNO6S. The molecule has 1 heterocycles. The summed E-state index contributed by atoms with van der Waals surface area (Å²) in [5, 5.41) is 0.394. The molecule has 4 rings (SSSR count). The minimum absolute atomic E-state index is 0.0131. The second-order valence-electron chi connectivity index (χ2n) is 9.51. The Hall–Kier alpha value is -4.01. The molecule has 0 spiro atoms. The van der Waals surface area contributed by atoms with Crippen LogP contribution in [0.1, 0.15) is 34.5 Å². The van der Waals surface area contributed by atoms with Crippen molar-refractivity contribution in [3.63, 3.8) is 0 Å². The molecule has 0 aliphatic carbocycles. The Labute approximate surface area is 237 Å². The largest absolute Gasteiger partial charge is 0.495 e. The molecule has 0 bridgehead atoms. The Bertz CT molecular complexity index is 1730. The number of carbonyl (C=O) groups excluding carboxylic acids is 2. The Morgan fingerprint density at radius 3 is 2.20 bits per heavy atom. The van der Waals surface area contributed by atoms with Crippen LogP contribution in [0.5, 0.6) is 5.75 Å². The van der Waals surface area contributed by atoms with Crippen molar-refractivity contribution in [3.8, 4) is 16.9 Å². The van der Waals surface area contributed by atoms with Crippen molar-refractivity contribution < 1.29 is 22.7 Å². The summed E-state index contributed by atoms with van der Waals surface area (Å²) in [6, 6.07) is 20.7. The molecule has 0 saturated heterocycles. The van der Waals surface area contributed by atoms with Gasteiger partial charge in [-0.05, 0) is 53.9 Å². The van der Waals surface area contributed by atoms with E-state index in [0.717, 1.165) is 11.8 Å². The molecule has 1 aromatic heterocycles. The third kappa shape index (κ3) is 6.58. The van der Waals surface area contributed by atoms with Gasteiger partial charge < -0.3 is 9.30 Å². The molecule has 4 aromatic rings. The van der Waals surface area contributed by atoms with Crippen LogP contribution in [0.3, 0.4) is 0 Å². The van der Waals surface area contributed by atoms with Crippen LogP contribution in [0, 0.1) is 0 Å². The van der Waals surface area contributed by atoms with Crippen LogP contribution in [0.4, 0.5) is 0 Å². The Balaban J connectivity index is 1.79. The molecule has 1 unspecified atom stereocenters. The molecule has 40 heavy (non-hydrogen) atoms. The van der Waals surface area contributed by atoms with Gasteiger partial charge in [0.1, 0.15) is 5.75 Å². The summed E-state index contributed by atoms with van der Waals surface area (Å²) >= 11 is 6.22. The van der Waals surface area contributed by atoms with Gasteiger partial charge in [-0.25, -0.2) is 8.42 Å². The number of sulfone groups is 1. The number of methoxy groups -OCH3 is 1. The van der Waals surface area contributed by atoms with E-state index in [-0.39, 0.29) is 29.3 Å². The smallest absolute Gasteiger partial charge is 0.252 e. The van der Waals surface area contributed by atoms with E-state index in [2.05, 4.69) is 0 Å². The Morgan fingerprint density at radius 2 is 1.60 bits per heavy atom. The van der Waals surface area contributed by atoms with Crippen molar-refractivity contribution in [1.82, 2.24) is 4.57 Å². The zero-order valence-electron chi connectivity index (χ0n) is 22.3. The summed E-state index contributed by atoms with van der Waals surface area (Å²) in [6.45, 7) is 1.43. The number of carbonyl (C=O) groups is 2. The van der Waals surface area contributed by atoms with Crippen LogP contribution >= 0.6 is 11.6 Å². The van der Waals surface area contributed by atoms with Gasteiger partial charge in [0.2, 0.25) is 0 Å². The summed E-state index contributed by atoms with van der Waals surface area (Å²) in [4.78, 5) is 39.7. The molecule has 7 nitrogen and oxygen atoms in total. The molecule has 1 atom stereocenters. The van der Waals surface area contributed by atoms with Crippen LogP contribution in [0.15, 0.2) is 94.7 Å². The van der Waals surface area contributed by atoms with E-state index in [1.165, 1.54) is 43.0 Å². The van der Waals surface area contributed by atoms with E-state index in [1.807, 2.05) is 30.3 Å². The molecule has 0 radical (unpaired) electrons. The van der Waals surface area contributed by atoms with E-state index < -0.39 is 21.4 Å². The fourth-order valence-corrected chi connectivity index (χ4v) is 5.37. The van der Waals surface area contributed by atoms with Crippen LogP contribution < -0.4 is 10.3 Å². The maximum absolute atomic E-state index is 13.7. The zero-order valence-corrected chi connectivity index (χ0v) is 23.8. The van der Waals surface area contributed by atoms with Crippen molar-refractivity contribution in [3.05, 3.63) is 117 Å². The first kappa shape index (κ1) is 29.0. The topological polar surface area (TPSA) is 99.5 Å². The summed E-state index contributed by atoms with van der Waals surface area (Å²) in [5.74, 6) is -0.135. The van der Waals surface area contributed by atoms with Gasteiger partial charge in [-0.3, -0.25) is 14.4 Å². The Morgan fingerprint density at radius 1 is 0.925 bits per heavy atom. The van der Waals surface area contributed by atoms with Crippen molar-refractivity contribution in [2.75, 3.05) is 13.4 Å². The molecular weight excluding hydrogens is 550 g/mol. The van der Waals surface area contributed by atoms with E-state index in [1.54, 1.807) is 30.3 Å². The third-order valence-corrected chi connectivity index (χ3v) is 7.99. The lowest BCUT2D eigenvalue weighted by molar-refractivity contribution is -0.121. The van der Waals surface area contributed by atoms with Gasteiger partial charge in [-0.1, -0.05) is 54.1 Å². The molecule has 0 amide bonds. The highest BCUT2D eigenvalue weighted by atomic mass is 35.5. The molecule has 206 valence electrons. The monoisotopic (exact) mass is 577 g/mol. The number of hydrogen-bond acceptors (Lipinski definition) is 6. The number of nitrogens with zero attached hydrogens (tertiary/aromatic N) is 1. The number of hydrogen-bond donors (Lipinski definition) is 0. The first-order valence-corrected chi connectivity index (χ1v) is 14.7. The number of benzene rings is 3. The van der Waals surface area contributed by atoms with Gasteiger partial charge in [0.25, 0.3) is 5.56 Å². The van der Waals surface area contributed by atoms with Gasteiger partial charge in [-0.2, -0.15) is 0 Å². The lowest BCUT2D eigenvalue weighted by Crippen LogP contribution is -2.32. The maximum Gasteiger partial charge on any atom is 0.252 e. The zero-order chi connectivity index (χ0) is 29.0. The average molecular weight is 578 g/mol. The normalized spacial score (nSPS) is 12.1. The minimum atomic E-state index is -3.37. The third-order valence-electron chi connectivity index (χ3n) is 6.62. The number of rotatable bonds is 10. The summed E-state index contributed by atoms with van der Waals surface area (Å²) in [6.07, 6.45) is 2.84. The first-order valence-electron chi connectivity index (χ1n) is 12.4. The molecule has 0 N–H and O–H groups in total. The van der Waals surface area contributed by atoms with E-state index in [4.69, 9.17) is 16.3 Å². The number of aromatic nitrogens is 1. The van der Waals surface area contributed by atoms with Crippen LogP contribution in [-0.2, 0) is 27.5 Å². The van der Waals surface area contributed by atoms with E-state index >= 15 is 0 Å². The predicted molar refractivity (Wildman–Crippen MR) is 155 cm³/mol. The van der Waals surface area contributed by atoms with Crippen LogP contribution in [0.25, 0.3) is 11.1 Å². The number of halogens is 1. The summed E-state index contributed by atoms with van der Waals surface area (Å²) < 4.78 is 30.6. The van der Waals surface area contributed by atoms with Gasteiger partial charge in [0.05, 0.1) is 24.2 Å². The standard InChI is InChI=1S/C31H28ClNO6S/c1-20(34)25-14-11-23(32)17-26(25)27-18-31(36)33(19-30(27)39-2)28(15-21-7-5-4-6-8-21)29(35)16-22-9-12-24(13-10-22)40(3,37)38/h4-14,17-19,28H,15-16H2,1-3H3. The molecule has 9 heteroatoms. The first-order chi connectivity index (χ1) is 19.0. The molecule has 0 fully saturated rings. The predicted octanol–water partition coefficient (Wildman–Crippen LogP) is 5.38. The van der Waals surface area contributed by atoms with Gasteiger partial charge in [0.15, 0.2) is 21.4 Å². The van der Waals surface area contributed by atoms with Crippen LogP contribution in [-0.4, -0.2) is 37.9 Å². The van der Waals surface area contributed by atoms with Crippen LogP contribution in [0.2, 0.25) is 5.02 Å². The van der Waals surface area contributed by atoms with Crippen molar-refractivity contribution in [1.29, 1.82) is 0 Å². The fourth-order valence-electron chi connectivity index (χ4n) is 4.57. The maximum atomic E-state index is 13.7. The number of ether oxygens (including phenoxy) is 1. The van der Waals surface area contributed by atoms with E-state index in [9.17, 15) is 22.8 Å². The van der Waals surface area contributed by atoms with Gasteiger partial charge in [0, 0.05) is 41.3 Å². The molecule has 0 aliphatic heterocycles. The molecule has 0 saturated carbocycles. The number of pyridine rings is 1. The summed E-state index contributed by atoms with van der Waals surface area (Å²) in [5.41, 5.74) is 2.26. The second kappa shape index (κ2) is 12.0. The highest BCUT2D eigenvalue weighted by Gasteiger charge is 2.25. The number of Topliss-reactive ketones (excluding diaryl/α,β-unsaturated/α-hetero) is 2. The SMILES string of the molecule is COc1cn(C(Cc2ccccc2)C(=O)Cc2ccc(S(C)(=O)=O)cc2)c(=O)cc1-c1cc(Cl)ccc1C(C)=O. The van der Waals surface area contributed by atoms with E-state index in [0.29, 0.717) is 33.0 Å². The van der Waals surface area contributed by atoms with Crippen molar-refractivity contribution >= 4 is 33.0 Å². The number of ketones is 2. The van der Waals surface area contributed by atoms with Crippen molar-refractivity contribution in [2.24, 2.45) is 0 Å². The second-order valence-corrected chi connectivity index (χ2v) is 12.0. The summed E-state index contributed by atoms with van der Waals surface area (Å²) in [7, 11) is -1.93. The highest BCUT2D eigenvalue weighted by Crippen LogP contribution is 2.34. The lowest BCUT2D eigenvalue weighted by atomic mass is 9.95. The lowest BCUT2D eigenvalue weighted by Gasteiger charge is -2.22. The molecule has 3 aromatic carbocycles. The van der Waals surface area contributed by atoms with Gasteiger partial charge in [-0.15, -0.1) is 0 Å². The van der Waals surface area contributed by atoms with Crippen molar-refractivity contribution in [2.45, 2.75) is 30.7 Å². The fraction of sp³-hybridized carbons (Fsp3) is 0.194. The molecule has 0 aliphatic rings. The Kier molecular flexibility index (Phi) is 8.71. The average Bonchev–Trinajstić information content (AvgIpc) is 2.92. The highest BCUT2D eigenvalue weighted by molar-refractivity contribution is 7.90.